The van der Waals surface area contributed by atoms with E-state index in [2.05, 4.69) is 32.4 Å². The maximum atomic E-state index is 5.55. The van der Waals surface area contributed by atoms with Gasteiger partial charge in [0.15, 0.2) is 0 Å². The second kappa shape index (κ2) is 4.62. The number of hydrogen-bond donors (Lipinski definition) is 1. The predicted octanol–water partition coefficient (Wildman–Crippen LogP) is 2.44. The molecular formula is C12H21N3. The monoisotopic (exact) mass is 207 g/mol. The molecule has 1 aromatic heterocycles. The van der Waals surface area contributed by atoms with Crippen LogP contribution in [0, 0.1) is 13.8 Å². The molecule has 1 heterocycles. The van der Waals surface area contributed by atoms with Crippen LogP contribution in [0.5, 0.6) is 0 Å². The lowest BCUT2D eigenvalue weighted by Crippen LogP contribution is -2.05. The van der Waals surface area contributed by atoms with E-state index >= 15 is 0 Å². The van der Waals surface area contributed by atoms with Crippen molar-refractivity contribution in [2.24, 2.45) is 5.73 Å². The van der Waals surface area contributed by atoms with Crippen LogP contribution in [0.4, 0.5) is 0 Å². The minimum absolute atomic E-state index is 0.392. The molecule has 0 aliphatic heterocycles. The van der Waals surface area contributed by atoms with Gasteiger partial charge in [-0.15, -0.1) is 0 Å². The van der Waals surface area contributed by atoms with Crippen LogP contribution < -0.4 is 5.73 Å². The van der Waals surface area contributed by atoms with E-state index in [0.29, 0.717) is 12.6 Å². The van der Waals surface area contributed by atoms with Gasteiger partial charge in [0.1, 0.15) is 0 Å². The van der Waals surface area contributed by atoms with Crippen molar-refractivity contribution in [1.82, 2.24) is 9.78 Å². The Morgan fingerprint density at radius 1 is 1.47 bits per heavy atom. The Morgan fingerprint density at radius 2 is 2.07 bits per heavy atom. The van der Waals surface area contributed by atoms with Crippen molar-refractivity contribution in [2.75, 3.05) is 6.54 Å². The summed E-state index contributed by atoms with van der Waals surface area (Å²) in [7, 11) is 0. The van der Waals surface area contributed by atoms with E-state index in [-0.39, 0.29) is 0 Å². The molecule has 0 atom stereocenters. The smallest absolute Gasteiger partial charge is 0.0671 e. The molecule has 0 fully saturated rings. The van der Waals surface area contributed by atoms with Crippen molar-refractivity contribution in [2.45, 2.75) is 40.2 Å². The Bertz CT molecular complexity index is 361. The van der Waals surface area contributed by atoms with E-state index in [1.54, 1.807) is 0 Å². The maximum Gasteiger partial charge on any atom is 0.0671 e. The summed E-state index contributed by atoms with van der Waals surface area (Å²) in [5.74, 6) is 0. The predicted molar refractivity (Wildman–Crippen MR) is 64.8 cm³/mol. The van der Waals surface area contributed by atoms with Crippen LogP contribution >= 0.6 is 0 Å². The average molecular weight is 207 g/mol. The normalized spacial score (nSPS) is 11.1. The zero-order valence-electron chi connectivity index (χ0n) is 10.2. The van der Waals surface area contributed by atoms with Crippen molar-refractivity contribution in [3.63, 3.8) is 0 Å². The van der Waals surface area contributed by atoms with Gasteiger partial charge in [-0.25, -0.2) is 0 Å². The van der Waals surface area contributed by atoms with Crippen LogP contribution in [0.1, 0.15) is 43.3 Å². The van der Waals surface area contributed by atoms with Gasteiger partial charge in [0.2, 0.25) is 0 Å². The van der Waals surface area contributed by atoms with Crippen molar-refractivity contribution in [1.29, 1.82) is 0 Å². The van der Waals surface area contributed by atoms with Crippen LogP contribution in [0.3, 0.4) is 0 Å². The average Bonchev–Trinajstić information content (AvgIpc) is 2.42. The van der Waals surface area contributed by atoms with Crippen LogP contribution in [0.25, 0.3) is 5.57 Å². The Kier molecular flexibility index (Phi) is 3.69. The molecule has 0 aliphatic rings. The van der Waals surface area contributed by atoms with Crippen LogP contribution in [0.15, 0.2) is 6.58 Å². The molecular weight excluding hydrogens is 186 g/mol. The first-order valence-electron chi connectivity index (χ1n) is 5.43. The molecule has 2 N–H and O–H groups in total. The van der Waals surface area contributed by atoms with Crippen molar-refractivity contribution < 1.29 is 0 Å². The van der Waals surface area contributed by atoms with E-state index in [0.717, 1.165) is 17.7 Å². The van der Waals surface area contributed by atoms with Crippen molar-refractivity contribution >= 4 is 5.57 Å². The van der Waals surface area contributed by atoms with Gasteiger partial charge >= 0.3 is 0 Å². The fourth-order valence-electron chi connectivity index (χ4n) is 1.98. The Balaban J connectivity index is 3.13. The highest BCUT2D eigenvalue weighted by Gasteiger charge is 2.14. The largest absolute Gasteiger partial charge is 0.330 e. The zero-order valence-corrected chi connectivity index (χ0v) is 10.2. The van der Waals surface area contributed by atoms with E-state index in [1.165, 1.54) is 11.3 Å². The van der Waals surface area contributed by atoms with Gasteiger partial charge in [-0.05, 0) is 46.2 Å². The molecule has 3 heteroatoms. The number of aromatic nitrogens is 2. The Labute approximate surface area is 92.0 Å². The highest BCUT2D eigenvalue weighted by atomic mass is 15.3. The third-order valence-corrected chi connectivity index (χ3v) is 2.61. The first-order chi connectivity index (χ1) is 6.99. The summed E-state index contributed by atoms with van der Waals surface area (Å²) in [4.78, 5) is 0. The highest BCUT2D eigenvalue weighted by Crippen LogP contribution is 2.25. The van der Waals surface area contributed by atoms with Crippen LogP contribution in [-0.2, 0) is 0 Å². The van der Waals surface area contributed by atoms with Crippen LogP contribution in [-0.4, -0.2) is 16.3 Å². The summed E-state index contributed by atoms with van der Waals surface area (Å²) in [5, 5.41) is 4.53. The van der Waals surface area contributed by atoms with Gasteiger partial charge in [-0.2, -0.15) is 5.10 Å². The topological polar surface area (TPSA) is 43.8 Å². The lowest BCUT2D eigenvalue weighted by atomic mass is 10.0. The van der Waals surface area contributed by atoms with Gasteiger partial charge in [-0.1, -0.05) is 6.58 Å². The molecule has 0 radical (unpaired) electrons. The molecule has 0 saturated carbocycles. The van der Waals surface area contributed by atoms with Crippen molar-refractivity contribution in [3.8, 4) is 0 Å². The van der Waals surface area contributed by atoms with Gasteiger partial charge in [0, 0.05) is 17.3 Å². The summed E-state index contributed by atoms with van der Waals surface area (Å²) in [6.07, 6.45) is 0.839. The standard InChI is InChI=1S/C12H21N3/c1-8(2)15-11(5)12(10(4)14-15)9(3)6-7-13/h8H,3,6-7,13H2,1-2,4-5H3. The lowest BCUT2D eigenvalue weighted by molar-refractivity contribution is 0.516. The quantitative estimate of drug-likeness (QED) is 0.824. The number of nitrogens with two attached hydrogens (primary N) is 1. The highest BCUT2D eigenvalue weighted by molar-refractivity contribution is 5.67. The summed E-state index contributed by atoms with van der Waals surface area (Å²) < 4.78 is 2.05. The first kappa shape index (κ1) is 12.0. The second-order valence-electron chi connectivity index (χ2n) is 4.23. The summed E-state index contributed by atoms with van der Waals surface area (Å²) >= 11 is 0. The molecule has 0 bridgehead atoms. The molecule has 84 valence electrons. The molecule has 0 spiro atoms. The molecule has 3 nitrogen and oxygen atoms in total. The zero-order chi connectivity index (χ0) is 11.6. The van der Waals surface area contributed by atoms with Gasteiger partial charge in [0.05, 0.1) is 5.69 Å². The van der Waals surface area contributed by atoms with Crippen LogP contribution in [0.2, 0.25) is 0 Å². The molecule has 1 aromatic rings. The number of nitrogens with zero attached hydrogens (tertiary/aromatic N) is 2. The number of rotatable bonds is 4. The van der Waals surface area contributed by atoms with E-state index < -0.39 is 0 Å². The number of hydrogen-bond acceptors (Lipinski definition) is 2. The molecule has 0 saturated heterocycles. The molecule has 0 aromatic carbocycles. The fourth-order valence-corrected chi connectivity index (χ4v) is 1.98. The summed E-state index contributed by atoms with van der Waals surface area (Å²) in [6.45, 7) is 13.1. The Morgan fingerprint density at radius 3 is 2.47 bits per heavy atom. The minimum atomic E-state index is 0.392. The molecule has 0 aliphatic carbocycles. The third-order valence-electron chi connectivity index (χ3n) is 2.61. The van der Waals surface area contributed by atoms with E-state index in [1.807, 2.05) is 11.6 Å². The Hall–Kier alpha value is -1.09. The van der Waals surface area contributed by atoms with Gasteiger partial charge in [-0.3, -0.25) is 4.68 Å². The third kappa shape index (κ3) is 2.29. The van der Waals surface area contributed by atoms with Crippen molar-refractivity contribution in [3.05, 3.63) is 23.5 Å². The fraction of sp³-hybridized carbons (Fsp3) is 0.583. The number of aryl methyl sites for hydroxylation is 1. The molecule has 15 heavy (non-hydrogen) atoms. The SMILES string of the molecule is C=C(CCN)c1c(C)nn(C(C)C)c1C. The first-order valence-corrected chi connectivity index (χ1v) is 5.43. The minimum Gasteiger partial charge on any atom is -0.330 e. The summed E-state index contributed by atoms with van der Waals surface area (Å²) in [6, 6.07) is 0.392. The van der Waals surface area contributed by atoms with Gasteiger partial charge < -0.3 is 5.73 Å². The lowest BCUT2D eigenvalue weighted by Gasteiger charge is -2.09. The molecule has 1 rings (SSSR count). The van der Waals surface area contributed by atoms with Gasteiger partial charge in [0.25, 0.3) is 0 Å². The molecule has 0 amide bonds. The molecule has 0 unspecified atom stereocenters. The maximum absolute atomic E-state index is 5.55. The summed E-state index contributed by atoms with van der Waals surface area (Å²) in [5.41, 5.74) is 10.1. The van der Waals surface area contributed by atoms with E-state index in [9.17, 15) is 0 Å². The second-order valence-corrected chi connectivity index (χ2v) is 4.23. The van der Waals surface area contributed by atoms with E-state index in [4.69, 9.17) is 5.73 Å².